The Balaban J connectivity index is 2.07. The van der Waals surface area contributed by atoms with Gasteiger partial charge in [-0.2, -0.15) is 26.3 Å². The number of hydrogen-bond acceptors (Lipinski definition) is 3. The number of carbonyl (C=O) groups is 1. The number of ether oxygens (including phenoxy) is 1. The second-order valence-electron chi connectivity index (χ2n) is 7.59. The minimum atomic E-state index is -4.92. The number of nitrogens with one attached hydrogen (secondary N) is 1. The minimum absolute atomic E-state index is 0.00924. The summed E-state index contributed by atoms with van der Waals surface area (Å²) in [4.78, 5) is 12.0. The van der Waals surface area contributed by atoms with Crippen molar-refractivity contribution >= 4 is 5.91 Å². The largest absolute Gasteiger partial charge is 0.416 e. The molecule has 0 aliphatic heterocycles. The molecule has 0 aliphatic carbocycles. The van der Waals surface area contributed by atoms with E-state index in [4.69, 9.17) is 10.5 Å². The molecule has 2 rings (SSSR count). The third kappa shape index (κ3) is 9.05. The van der Waals surface area contributed by atoms with Gasteiger partial charge in [0.15, 0.2) is 0 Å². The van der Waals surface area contributed by atoms with Gasteiger partial charge in [0.2, 0.25) is 5.91 Å². The fourth-order valence-corrected chi connectivity index (χ4v) is 3.18. The summed E-state index contributed by atoms with van der Waals surface area (Å²) < 4.78 is 83.7. The second-order valence-corrected chi connectivity index (χ2v) is 7.59. The van der Waals surface area contributed by atoms with Crippen LogP contribution >= 0.6 is 0 Å². The highest BCUT2D eigenvalue weighted by atomic mass is 19.4. The Kier molecular flexibility index (Phi) is 9.72. The summed E-state index contributed by atoms with van der Waals surface area (Å²) in [5.41, 5.74) is 3.21. The van der Waals surface area contributed by atoms with E-state index in [0.717, 1.165) is 12.0 Å². The zero-order valence-corrected chi connectivity index (χ0v) is 17.8. The van der Waals surface area contributed by atoms with E-state index in [9.17, 15) is 31.1 Å². The lowest BCUT2D eigenvalue weighted by Crippen LogP contribution is -2.30. The molecule has 0 fully saturated rings. The number of benzene rings is 2. The first kappa shape index (κ1) is 26.7. The molecular formula is C23H26F6N2O2. The number of amides is 1. The molecule has 0 bridgehead atoms. The van der Waals surface area contributed by atoms with Crippen LogP contribution < -0.4 is 11.1 Å². The molecule has 182 valence electrons. The molecule has 3 N–H and O–H groups in total. The van der Waals surface area contributed by atoms with Crippen LogP contribution in [0.5, 0.6) is 0 Å². The van der Waals surface area contributed by atoms with E-state index < -0.39 is 30.1 Å². The predicted octanol–water partition coefficient (Wildman–Crippen LogP) is 5.27. The van der Waals surface area contributed by atoms with E-state index in [1.165, 1.54) is 0 Å². The molecule has 1 unspecified atom stereocenters. The molecule has 0 spiro atoms. The summed E-state index contributed by atoms with van der Waals surface area (Å²) in [5, 5.41) is 2.79. The van der Waals surface area contributed by atoms with Crippen LogP contribution in [0.15, 0.2) is 48.5 Å². The topological polar surface area (TPSA) is 64.4 Å². The second kappa shape index (κ2) is 12.0. The van der Waals surface area contributed by atoms with Gasteiger partial charge in [-0.25, -0.2) is 0 Å². The molecule has 0 saturated carbocycles. The van der Waals surface area contributed by atoms with E-state index in [-0.39, 0.29) is 36.6 Å². The van der Waals surface area contributed by atoms with Gasteiger partial charge in [-0.3, -0.25) is 4.79 Å². The van der Waals surface area contributed by atoms with Gasteiger partial charge in [0.1, 0.15) is 0 Å². The molecule has 33 heavy (non-hydrogen) atoms. The molecule has 0 aromatic heterocycles. The normalized spacial score (nSPS) is 13.1. The summed E-state index contributed by atoms with van der Waals surface area (Å²) in [5.74, 6) is -0.505. The van der Waals surface area contributed by atoms with Crippen LogP contribution in [0.25, 0.3) is 0 Å². The molecular weight excluding hydrogens is 450 g/mol. The van der Waals surface area contributed by atoms with Crippen molar-refractivity contribution in [3.63, 3.8) is 0 Å². The zero-order chi connectivity index (χ0) is 24.5. The predicted molar refractivity (Wildman–Crippen MR) is 111 cm³/mol. The smallest absolute Gasteiger partial charge is 0.376 e. The molecule has 10 heteroatoms. The maximum atomic E-state index is 13.0. The standard InChI is InChI=1S/C23H26F6N2O2/c24-22(25,26)19-10-16(11-20(12-19)23(27,28)29)14-33-15-18(17-6-2-1-3-7-17)13-31-21(32)8-4-5-9-30/h1-3,6-7,10-12,18H,4-5,8-9,13-15,30H2,(H,31,32). The molecule has 1 atom stereocenters. The lowest BCUT2D eigenvalue weighted by atomic mass is 10.00. The van der Waals surface area contributed by atoms with Gasteiger partial charge < -0.3 is 15.8 Å². The van der Waals surface area contributed by atoms with Crippen LogP contribution in [-0.2, 0) is 28.5 Å². The number of alkyl halides is 6. The highest BCUT2D eigenvalue weighted by Crippen LogP contribution is 2.36. The van der Waals surface area contributed by atoms with Gasteiger partial charge in [-0.1, -0.05) is 30.3 Å². The van der Waals surface area contributed by atoms with Gasteiger partial charge in [0.05, 0.1) is 24.3 Å². The monoisotopic (exact) mass is 476 g/mol. The Labute approximate surface area is 188 Å². The van der Waals surface area contributed by atoms with Crippen molar-refractivity contribution in [2.24, 2.45) is 5.73 Å². The fourth-order valence-electron chi connectivity index (χ4n) is 3.18. The van der Waals surface area contributed by atoms with Crippen molar-refractivity contribution in [1.29, 1.82) is 0 Å². The molecule has 0 radical (unpaired) electrons. The average molecular weight is 476 g/mol. The third-order valence-electron chi connectivity index (χ3n) is 4.91. The quantitative estimate of drug-likeness (QED) is 0.343. The Bertz CT molecular complexity index is 853. The van der Waals surface area contributed by atoms with Crippen LogP contribution in [0, 0.1) is 0 Å². The van der Waals surface area contributed by atoms with E-state index in [0.29, 0.717) is 31.5 Å². The van der Waals surface area contributed by atoms with Crippen molar-refractivity contribution in [2.75, 3.05) is 19.7 Å². The SMILES string of the molecule is NCCCCC(=O)NCC(COCc1cc(C(F)(F)F)cc(C(F)(F)F)c1)c1ccccc1. The minimum Gasteiger partial charge on any atom is -0.376 e. The van der Waals surface area contributed by atoms with Crippen LogP contribution in [0.4, 0.5) is 26.3 Å². The summed E-state index contributed by atoms with van der Waals surface area (Å²) in [6, 6.07) is 10.4. The summed E-state index contributed by atoms with van der Waals surface area (Å²) in [7, 11) is 0. The van der Waals surface area contributed by atoms with Gasteiger partial charge in [-0.05, 0) is 48.7 Å². The van der Waals surface area contributed by atoms with Crippen molar-refractivity contribution < 1.29 is 35.9 Å². The number of nitrogens with two attached hydrogens (primary N) is 1. The Hall–Kier alpha value is -2.59. The van der Waals surface area contributed by atoms with Crippen LogP contribution in [-0.4, -0.2) is 25.6 Å². The maximum absolute atomic E-state index is 13.0. The summed E-state index contributed by atoms with van der Waals surface area (Å²) in [6.07, 6.45) is -8.17. The van der Waals surface area contributed by atoms with E-state index >= 15 is 0 Å². The average Bonchev–Trinajstić information content (AvgIpc) is 2.75. The van der Waals surface area contributed by atoms with Gasteiger partial charge >= 0.3 is 12.4 Å². The first-order chi connectivity index (χ1) is 15.5. The van der Waals surface area contributed by atoms with Gasteiger partial charge in [0.25, 0.3) is 0 Å². The first-order valence-electron chi connectivity index (χ1n) is 10.4. The molecule has 1 amide bonds. The van der Waals surface area contributed by atoms with E-state index in [1.807, 2.05) is 0 Å². The Morgan fingerprint density at radius 2 is 1.55 bits per heavy atom. The Morgan fingerprint density at radius 3 is 2.09 bits per heavy atom. The van der Waals surface area contributed by atoms with E-state index in [2.05, 4.69) is 5.32 Å². The third-order valence-corrected chi connectivity index (χ3v) is 4.91. The van der Waals surface area contributed by atoms with Crippen LogP contribution in [0.3, 0.4) is 0 Å². The van der Waals surface area contributed by atoms with Crippen molar-refractivity contribution in [1.82, 2.24) is 5.32 Å². The first-order valence-corrected chi connectivity index (χ1v) is 10.4. The number of halogens is 6. The molecule has 0 heterocycles. The molecule has 0 saturated heterocycles. The summed E-state index contributed by atoms with van der Waals surface area (Å²) >= 11 is 0. The van der Waals surface area contributed by atoms with Crippen LogP contribution in [0.2, 0.25) is 0 Å². The maximum Gasteiger partial charge on any atom is 0.416 e. The van der Waals surface area contributed by atoms with Gasteiger partial charge in [-0.15, -0.1) is 0 Å². The lowest BCUT2D eigenvalue weighted by Gasteiger charge is -2.19. The number of rotatable bonds is 11. The highest BCUT2D eigenvalue weighted by molar-refractivity contribution is 5.75. The highest BCUT2D eigenvalue weighted by Gasteiger charge is 2.36. The van der Waals surface area contributed by atoms with Crippen molar-refractivity contribution in [2.45, 2.75) is 44.1 Å². The molecule has 0 aliphatic rings. The number of hydrogen-bond donors (Lipinski definition) is 2. The molecule has 4 nitrogen and oxygen atoms in total. The lowest BCUT2D eigenvalue weighted by molar-refractivity contribution is -0.143. The number of unbranched alkanes of at least 4 members (excludes halogenated alkanes) is 1. The molecule has 2 aromatic rings. The fraction of sp³-hybridized carbons (Fsp3) is 0.435. The van der Waals surface area contributed by atoms with Crippen molar-refractivity contribution in [3.05, 3.63) is 70.8 Å². The van der Waals surface area contributed by atoms with E-state index in [1.54, 1.807) is 30.3 Å². The Morgan fingerprint density at radius 1 is 0.939 bits per heavy atom. The zero-order valence-electron chi connectivity index (χ0n) is 17.8. The summed E-state index contributed by atoms with van der Waals surface area (Å²) in [6.45, 7) is 0.243. The number of carbonyl (C=O) groups excluding carboxylic acids is 1. The van der Waals surface area contributed by atoms with Crippen LogP contribution in [0.1, 0.15) is 47.4 Å². The van der Waals surface area contributed by atoms with Gasteiger partial charge in [0, 0.05) is 18.9 Å². The van der Waals surface area contributed by atoms with Crippen molar-refractivity contribution in [3.8, 4) is 0 Å². The molecule has 2 aromatic carbocycles.